The van der Waals surface area contributed by atoms with Crippen molar-refractivity contribution in [1.29, 1.82) is 0 Å². The Balaban J connectivity index is 1.54. The van der Waals surface area contributed by atoms with Crippen molar-refractivity contribution >= 4 is 5.91 Å². The Morgan fingerprint density at radius 2 is 2.00 bits per heavy atom. The van der Waals surface area contributed by atoms with Crippen molar-refractivity contribution in [2.24, 2.45) is 0 Å². The van der Waals surface area contributed by atoms with Crippen LogP contribution in [-0.2, 0) is 9.53 Å². The molecule has 1 atom stereocenters. The molecule has 1 aromatic carbocycles. The largest absolute Gasteiger partial charge is 0.379 e. The van der Waals surface area contributed by atoms with Crippen molar-refractivity contribution in [2.45, 2.75) is 12.1 Å². The summed E-state index contributed by atoms with van der Waals surface area (Å²) < 4.78 is 21.5. The van der Waals surface area contributed by atoms with Crippen LogP contribution in [0.1, 0.15) is 17.6 Å². The van der Waals surface area contributed by atoms with Crippen LogP contribution in [0.4, 0.5) is 4.39 Å². The predicted octanol–water partition coefficient (Wildman–Crippen LogP) is 0.874. The summed E-state index contributed by atoms with van der Waals surface area (Å²) in [5.74, 6) is -0.413. The normalized spacial score (nSPS) is 20.3. The lowest BCUT2D eigenvalue weighted by atomic mass is 9.99. The molecule has 0 spiro atoms. The highest BCUT2D eigenvalue weighted by Crippen LogP contribution is 2.30. The van der Waals surface area contributed by atoms with E-state index < -0.39 is 6.04 Å². The fourth-order valence-corrected chi connectivity index (χ4v) is 3.41. The van der Waals surface area contributed by atoms with Crippen molar-refractivity contribution in [3.05, 3.63) is 48.0 Å². The quantitative estimate of drug-likeness (QED) is 0.823. The van der Waals surface area contributed by atoms with Crippen molar-refractivity contribution in [3.8, 4) is 0 Å². The van der Waals surface area contributed by atoms with Gasteiger partial charge < -0.3 is 9.64 Å². The van der Waals surface area contributed by atoms with Crippen LogP contribution >= 0.6 is 0 Å². The van der Waals surface area contributed by atoms with E-state index in [1.807, 2.05) is 4.90 Å². The number of hydrogen-bond donors (Lipinski definition) is 0. The van der Waals surface area contributed by atoms with Gasteiger partial charge in [0.25, 0.3) is 0 Å². The van der Waals surface area contributed by atoms with Gasteiger partial charge in [0, 0.05) is 37.9 Å². The SMILES string of the molecule is O=C(C(c1ccccc1F)N1CCOCC1)N1CC(n2ccnn2)C1. The highest BCUT2D eigenvalue weighted by Gasteiger charge is 2.40. The number of aromatic nitrogens is 3. The molecule has 1 amide bonds. The molecule has 0 N–H and O–H groups in total. The van der Waals surface area contributed by atoms with Gasteiger partial charge in [0.2, 0.25) is 5.91 Å². The summed E-state index contributed by atoms with van der Waals surface area (Å²) in [5, 5.41) is 7.78. The van der Waals surface area contributed by atoms with Crippen molar-refractivity contribution in [2.75, 3.05) is 39.4 Å². The smallest absolute Gasteiger partial charge is 0.244 e. The zero-order chi connectivity index (χ0) is 17.2. The Morgan fingerprint density at radius 3 is 2.68 bits per heavy atom. The van der Waals surface area contributed by atoms with Gasteiger partial charge in [-0.3, -0.25) is 9.69 Å². The Kier molecular flexibility index (Phi) is 4.46. The van der Waals surface area contributed by atoms with E-state index in [-0.39, 0.29) is 17.8 Å². The third-order valence-corrected chi connectivity index (χ3v) is 4.83. The van der Waals surface area contributed by atoms with Gasteiger partial charge in [-0.25, -0.2) is 9.07 Å². The number of amides is 1. The van der Waals surface area contributed by atoms with Crippen LogP contribution in [-0.4, -0.2) is 70.1 Å². The second kappa shape index (κ2) is 6.89. The van der Waals surface area contributed by atoms with E-state index >= 15 is 0 Å². The number of halogens is 1. The summed E-state index contributed by atoms with van der Waals surface area (Å²) in [7, 11) is 0. The van der Waals surface area contributed by atoms with Crippen molar-refractivity contribution < 1.29 is 13.9 Å². The first-order valence-corrected chi connectivity index (χ1v) is 8.45. The molecule has 0 aliphatic carbocycles. The molecule has 4 rings (SSSR count). The van der Waals surface area contributed by atoms with E-state index in [0.717, 1.165) is 0 Å². The highest BCUT2D eigenvalue weighted by atomic mass is 19.1. The zero-order valence-electron chi connectivity index (χ0n) is 13.8. The molecule has 132 valence electrons. The van der Waals surface area contributed by atoms with Crippen LogP contribution < -0.4 is 0 Å². The summed E-state index contributed by atoms with van der Waals surface area (Å²) in [6.45, 7) is 3.48. The second-order valence-corrected chi connectivity index (χ2v) is 6.35. The maximum absolute atomic E-state index is 14.4. The lowest BCUT2D eigenvalue weighted by molar-refractivity contribution is -0.145. The number of morpholine rings is 1. The van der Waals surface area contributed by atoms with Gasteiger partial charge in [0.15, 0.2) is 0 Å². The Morgan fingerprint density at radius 1 is 1.24 bits per heavy atom. The van der Waals surface area contributed by atoms with E-state index in [4.69, 9.17) is 4.74 Å². The van der Waals surface area contributed by atoms with Crippen LogP contribution in [0.15, 0.2) is 36.7 Å². The lowest BCUT2D eigenvalue weighted by Gasteiger charge is -2.43. The van der Waals surface area contributed by atoms with Crippen LogP contribution in [0.2, 0.25) is 0 Å². The van der Waals surface area contributed by atoms with Crippen LogP contribution in [0.5, 0.6) is 0 Å². The van der Waals surface area contributed by atoms with Gasteiger partial charge in [-0.15, -0.1) is 5.10 Å². The maximum Gasteiger partial charge on any atom is 0.244 e. The number of hydrogen-bond acceptors (Lipinski definition) is 5. The van der Waals surface area contributed by atoms with E-state index in [1.54, 1.807) is 40.2 Å². The Bertz CT molecular complexity index is 726. The average Bonchev–Trinajstić information content (AvgIpc) is 3.11. The van der Waals surface area contributed by atoms with Crippen LogP contribution in [0, 0.1) is 5.82 Å². The fraction of sp³-hybridized carbons (Fsp3) is 0.471. The first-order valence-electron chi connectivity index (χ1n) is 8.45. The minimum absolute atomic E-state index is 0.0663. The van der Waals surface area contributed by atoms with E-state index in [0.29, 0.717) is 45.0 Å². The standard InChI is InChI=1S/C17H20FN5O2/c18-15-4-2-1-3-14(15)16(21-7-9-25-10-8-21)17(24)22-11-13(12-22)23-6-5-19-20-23/h1-6,13,16H,7-12H2. The van der Waals surface area contributed by atoms with Gasteiger partial charge >= 0.3 is 0 Å². The fourth-order valence-electron chi connectivity index (χ4n) is 3.41. The minimum Gasteiger partial charge on any atom is -0.379 e. The first kappa shape index (κ1) is 16.2. The molecule has 2 aliphatic heterocycles. The van der Waals surface area contributed by atoms with E-state index in [1.165, 1.54) is 6.07 Å². The van der Waals surface area contributed by atoms with Crippen LogP contribution in [0.25, 0.3) is 0 Å². The zero-order valence-corrected chi connectivity index (χ0v) is 13.8. The number of ether oxygens (including phenoxy) is 1. The number of benzene rings is 1. The molecule has 2 aromatic rings. The number of carbonyl (C=O) groups is 1. The average molecular weight is 345 g/mol. The molecule has 0 bridgehead atoms. The Labute approximate surface area is 145 Å². The van der Waals surface area contributed by atoms with E-state index in [2.05, 4.69) is 10.3 Å². The van der Waals surface area contributed by atoms with Gasteiger partial charge in [-0.05, 0) is 6.07 Å². The molecule has 0 radical (unpaired) electrons. The molecule has 2 fully saturated rings. The third kappa shape index (κ3) is 3.14. The monoisotopic (exact) mass is 345 g/mol. The van der Waals surface area contributed by atoms with Gasteiger partial charge in [-0.1, -0.05) is 23.4 Å². The molecule has 25 heavy (non-hydrogen) atoms. The summed E-state index contributed by atoms with van der Waals surface area (Å²) >= 11 is 0. The third-order valence-electron chi connectivity index (χ3n) is 4.83. The number of nitrogens with zero attached hydrogens (tertiary/aromatic N) is 5. The Hall–Kier alpha value is -2.32. The molecular formula is C17H20FN5O2. The number of carbonyl (C=O) groups excluding carboxylic acids is 1. The molecule has 1 aromatic heterocycles. The summed E-state index contributed by atoms with van der Waals surface area (Å²) in [4.78, 5) is 16.9. The number of likely N-dealkylation sites (tertiary alicyclic amines) is 1. The highest BCUT2D eigenvalue weighted by molar-refractivity contribution is 5.84. The predicted molar refractivity (Wildman–Crippen MR) is 87.2 cm³/mol. The maximum atomic E-state index is 14.4. The lowest BCUT2D eigenvalue weighted by Crippen LogP contribution is -2.55. The second-order valence-electron chi connectivity index (χ2n) is 6.35. The van der Waals surface area contributed by atoms with E-state index in [9.17, 15) is 9.18 Å². The van der Waals surface area contributed by atoms with Crippen molar-refractivity contribution in [3.63, 3.8) is 0 Å². The van der Waals surface area contributed by atoms with Gasteiger partial charge in [0.05, 0.1) is 25.5 Å². The summed E-state index contributed by atoms with van der Waals surface area (Å²) in [5.41, 5.74) is 0.429. The minimum atomic E-state index is -0.609. The summed E-state index contributed by atoms with van der Waals surface area (Å²) in [6, 6.07) is 6.04. The molecule has 3 heterocycles. The molecule has 8 heteroatoms. The first-order chi connectivity index (χ1) is 12.2. The number of rotatable bonds is 4. The molecule has 1 unspecified atom stereocenters. The molecule has 0 saturated carbocycles. The van der Waals surface area contributed by atoms with Gasteiger partial charge in [0.1, 0.15) is 11.9 Å². The van der Waals surface area contributed by atoms with Crippen molar-refractivity contribution in [1.82, 2.24) is 24.8 Å². The molecular weight excluding hydrogens is 325 g/mol. The molecule has 7 nitrogen and oxygen atoms in total. The van der Waals surface area contributed by atoms with Crippen LogP contribution in [0.3, 0.4) is 0 Å². The molecule has 2 saturated heterocycles. The topological polar surface area (TPSA) is 63.5 Å². The summed E-state index contributed by atoms with van der Waals surface area (Å²) in [6.07, 6.45) is 3.42. The van der Waals surface area contributed by atoms with Gasteiger partial charge in [-0.2, -0.15) is 0 Å². The molecule has 2 aliphatic rings.